The lowest BCUT2D eigenvalue weighted by molar-refractivity contribution is 0.546. The summed E-state index contributed by atoms with van der Waals surface area (Å²) in [5, 5.41) is 1.06. The second kappa shape index (κ2) is 3.76. The van der Waals surface area contributed by atoms with Gasteiger partial charge in [0.05, 0.1) is 8.07 Å². The Morgan fingerprint density at radius 3 is 0.867 bits per heavy atom. The lowest BCUT2D eigenvalue weighted by Crippen LogP contribution is -2.56. The molecule has 15 heavy (non-hydrogen) atoms. The van der Waals surface area contributed by atoms with E-state index in [1.807, 2.05) is 0 Å². The molecule has 0 aromatic carbocycles. The van der Waals surface area contributed by atoms with Crippen molar-refractivity contribution in [3.63, 3.8) is 0 Å². The van der Waals surface area contributed by atoms with E-state index < -0.39 is 8.07 Å². The molecule has 0 unspecified atom stereocenters. The molecule has 1 heteroatoms. The lowest BCUT2D eigenvalue weighted by Gasteiger charge is -2.57. The highest BCUT2D eigenvalue weighted by Gasteiger charge is 2.57. The molecule has 0 amide bonds. The maximum Gasteiger partial charge on any atom is 0.0931 e. The van der Waals surface area contributed by atoms with Crippen molar-refractivity contribution < 1.29 is 0 Å². The molecule has 0 aromatic heterocycles. The van der Waals surface area contributed by atoms with Gasteiger partial charge in [-0.2, -0.15) is 0 Å². The van der Waals surface area contributed by atoms with E-state index in [2.05, 4.69) is 74.6 Å². The second-order valence-corrected chi connectivity index (χ2v) is 14.3. The molecular weight excluding hydrogens is 196 g/mol. The lowest BCUT2D eigenvalue weighted by atomic mass is 10.2. The van der Waals surface area contributed by atoms with Crippen LogP contribution in [0.15, 0.2) is 12.3 Å². The van der Waals surface area contributed by atoms with E-state index >= 15 is 0 Å². The topological polar surface area (TPSA) is 0 Å². The summed E-state index contributed by atoms with van der Waals surface area (Å²) in [7, 11) is -1.61. The van der Waals surface area contributed by atoms with Crippen LogP contribution in [0.2, 0.25) is 15.1 Å². The van der Waals surface area contributed by atoms with Crippen LogP contribution in [0.5, 0.6) is 0 Å². The summed E-state index contributed by atoms with van der Waals surface area (Å²) >= 11 is 0. The molecule has 0 aliphatic rings. The molecule has 0 fully saturated rings. The Morgan fingerprint density at radius 2 is 0.867 bits per heavy atom. The van der Waals surface area contributed by atoms with Crippen molar-refractivity contribution in [2.24, 2.45) is 0 Å². The number of rotatable bonds is 1. The van der Waals surface area contributed by atoms with E-state index in [4.69, 9.17) is 0 Å². The van der Waals surface area contributed by atoms with E-state index in [9.17, 15) is 0 Å². The second-order valence-electron chi connectivity index (χ2n) is 7.76. The minimum Gasteiger partial charge on any atom is -0.107 e. The molecule has 0 saturated heterocycles. The third kappa shape index (κ3) is 2.22. The largest absolute Gasteiger partial charge is 0.107 e. The first-order valence-corrected chi connectivity index (χ1v) is 8.02. The molecule has 0 atom stereocenters. The summed E-state index contributed by atoms with van der Waals surface area (Å²) in [6.45, 7) is 25.7. The minimum absolute atomic E-state index is 0.352. The van der Waals surface area contributed by atoms with Gasteiger partial charge in [0.15, 0.2) is 0 Å². The monoisotopic (exact) mass is 226 g/mol. The van der Waals surface area contributed by atoms with E-state index in [0.717, 1.165) is 0 Å². The maximum absolute atomic E-state index is 4.19. The van der Waals surface area contributed by atoms with Crippen LogP contribution in [0.4, 0.5) is 0 Å². The SMILES string of the molecule is C=C[Si](C(C)(C)C)(C(C)(C)C)C(C)(C)C. The van der Waals surface area contributed by atoms with Gasteiger partial charge in [-0.1, -0.05) is 68.0 Å². The molecule has 0 bridgehead atoms. The van der Waals surface area contributed by atoms with Crippen LogP contribution in [0.25, 0.3) is 0 Å². The van der Waals surface area contributed by atoms with Gasteiger partial charge in [-0.05, 0) is 15.1 Å². The zero-order chi connectivity index (χ0) is 12.7. The standard InChI is InChI=1S/C14H30Si/c1-11-15(12(2,3)4,13(5,6)7)14(8,9)10/h11H,1H2,2-10H3. The van der Waals surface area contributed by atoms with Gasteiger partial charge in [-0.3, -0.25) is 0 Å². The maximum atomic E-state index is 4.19. The van der Waals surface area contributed by atoms with Gasteiger partial charge in [0.25, 0.3) is 0 Å². The zero-order valence-electron chi connectivity index (χ0n) is 12.3. The summed E-state index contributed by atoms with van der Waals surface area (Å²) in [6.07, 6.45) is 0. The van der Waals surface area contributed by atoms with Crippen molar-refractivity contribution in [1.29, 1.82) is 0 Å². The minimum atomic E-state index is -1.61. The predicted octanol–water partition coefficient (Wildman–Crippen LogP) is 5.56. The van der Waals surface area contributed by atoms with Gasteiger partial charge in [0.2, 0.25) is 0 Å². The van der Waals surface area contributed by atoms with E-state index in [0.29, 0.717) is 15.1 Å². The summed E-state index contributed by atoms with van der Waals surface area (Å²) in [5.41, 5.74) is 2.33. The fourth-order valence-electron chi connectivity index (χ4n) is 4.29. The quantitative estimate of drug-likeness (QED) is 0.513. The Bertz CT molecular complexity index is 193. The zero-order valence-corrected chi connectivity index (χ0v) is 13.3. The first-order valence-electron chi connectivity index (χ1n) is 5.95. The van der Waals surface area contributed by atoms with Gasteiger partial charge in [-0.25, -0.2) is 0 Å². The summed E-state index contributed by atoms with van der Waals surface area (Å²) in [4.78, 5) is 0. The normalized spacial score (nSPS) is 15.3. The number of hydrogen-bond acceptors (Lipinski definition) is 0. The molecule has 0 aromatic rings. The fourth-order valence-corrected chi connectivity index (χ4v) is 12.9. The average Bonchev–Trinajstić information content (AvgIpc) is 1.76. The molecule has 0 rings (SSSR count). The highest BCUT2D eigenvalue weighted by atomic mass is 28.3. The van der Waals surface area contributed by atoms with E-state index in [-0.39, 0.29) is 0 Å². The number of hydrogen-bond donors (Lipinski definition) is 0. The van der Waals surface area contributed by atoms with Gasteiger partial charge >= 0.3 is 0 Å². The Labute approximate surface area is 98.2 Å². The summed E-state index contributed by atoms with van der Waals surface area (Å²) in [6, 6.07) is 0. The van der Waals surface area contributed by atoms with Gasteiger partial charge < -0.3 is 0 Å². The fraction of sp³-hybridized carbons (Fsp3) is 0.857. The molecule has 0 heterocycles. The first-order chi connectivity index (χ1) is 6.31. The molecule has 0 radical (unpaired) electrons. The van der Waals surface area contributed by atoms with Crippen LogP contribution in [0.1, 0.15) is 62.3 Å². The van der Waals surface area contributed by atoms with Crippen LogP contribution < -0.4 is 0 Å². The van der Waals surface area contributed by atoms with Crippen molar-refractivity contribution >= 4 is 8.07 Å². The van der Waals surface area contributed by atoms with Crippen LogP contribution in [0, 0.1) is 0 Å². The van der Waals surface area contributed by atoms with E-state index in [1.165, 1.54) is 0 Å². The van der Waals surface area contributed by atoms with Crippen molar-refractivity contribution in [2.75, 3.05) is 0 Å². The molecule has 0 aliphatic heterocycles. The molecule has 0 saturated carbocycles. The van der Waals surface area contributed by atoms with Crippen molar-refractivity contribution in [3.05, 3.63) is 12.3 Å². The summed E-state index contributed by atoms with van der Waals surface area (Å²) < 4.78 is 0. The van der Waals surface area contributed by atoms with Crippen LogP contribution in [-0.4, -0.2) is 8.07 Å². The first kappa shape index (κ1) is 15.0. The molecule has 0 nitrogen and oxygen atoms in total. The Hall–Kier alpha value is -0.0431. The van der Waals surface area contributed by atoms with Gasteiger partial charge in [0, 0.05) is 0 Å². The van der Waals surface area contributed by atoms with E-state index in [1.54, 1.807) is 0 Å². The van der Waals surface area contributed by atoms with Crippen molar-refractivity contribution in [1.82, 2.24) is 0 Å². The molecule has 0 spiro atoms. The van der Waals surface area contributed by atoms with Crippen LogP contribution in [-0.2, 0) is 0 Å². The third-order valence-corrected chi connectivity index (χ3v) is 11.6. The van der Waals surface area contributed by atoms with Crippen LogP contribution in [0.3, 0.4) is 0 Å². The van der Waals surface area contributed by atoms with Gasteiger partial charge in [-0.15, -0.1) is 6.58 Å². The molecule has 0 N–H and O–H groups in total. The van der Waals surface area contributed by atoms with Crippen LogP contribution >= 0.6 is 0 Å². The van der Waals surface area contributed by atoms with Crippen molar-refractivity contribution in [3.8, 4) is 0 Å². The highest BCUT2D eigenvalue weighted by molar-refractivity contribution is 6.91. The molecular formula is C14H30Si. The van der Waals surface area contributed by atoms with Crippen molar-refractivity contribution in [2.45, 2.75) is 77.4 Å². The van der Waals surface area contributed by atoms with Gasteiger partial charge in [0.1, 0.15) is 0 Å². The predicted molar refractivity (Wildman–Crippen MR) is 75.1 cm³/mol. The Morgan fingerprint density at radius 1 is 0.667 bits per heavy atom. The summed E-state index contributed by atoms with van der Waals surface area (Å²) in [5.74, 6) is 0. The average molecular weight is 226 g/mol. The Balaban J connectivity index is 5.89. The highest BCUT2D eigenvalue weighted by Crippen LogP contribution is 2.62. The smallest absolute Gasteiger partial charge is 0.0931 e. The molecule has 0 aliphatic carbocycles. The third-order valence-electron chi connectivity index (χ3n) is 3.86. The Kier molecular flexibility index (Phi) is 3.75. The molecule has 90 valence electrons.